The summed E-state index contributed by atoms with van der Waals surface area (Å²) < 4.78 is 4.91. The first-order valence-electron chi connectivity index (χ1n) is 7.12. The van der Waals surface area contributed by atoms with Gasteiger partial charge >= 0.3 is 5.97 Å². The molecule has 1 aliphatic rings. The molecule has 1 fully saturated rings. The normalized spacial score (nSPS) is 26.4. The maximum absolute atomic E-state index is 11.7. The minimum atomic E-state index is -1.42. The second kappa shape index (κ2) is 7.50. The van der Waals surface area contributed by atoms with E-state index < -0.39 is 11.6 Å². The Morgan fingerprint density at radius 1 is 1.47 bits per heavy atom. The number of carbonyl (C=O) groups excluding carboxylic acids is 1. The molecule has 0 aromatic carbocycles. The molecule has 0 bridgehead atoms. The van der Waals surface area contributed by atoms with Crippen LogP contribution in [0, 0.1) is 0 Å². The van der Waals surface area contributed by atoms with Crippen LogP contribution in [0.4, 0.5) is 0 Å². The molecule has 0 radical (unpaired) electrons. The Hall–Kier alpha value is -0.260. The van der Waals surface area contributed by atoms with Crippen molar-refractivity contribution in [2.24, 2.45) is 0 Å². The van der Waals surface area contributed by atoms with Crippen molar-refractivity contribution >= 4 is 17.7 Å². The molecule has 0 unspecified atom stereocenters. The molecule has 0 heterocycles. The van der Waals surface area contributed by atoms with Gasteiger partial charge in [0, 0.05) is 17.8 Å². The lowest BCUT2D eigenvalue weighted by molar-refractivity contribution is -0.165. The molecule has 1 N–H and O–H groups in total. The van der Waals surface area contributed by atoms with Gasteiger partial charge in [-0.15, -0.1) is 0 Å². The topological polar surface area (TPSA) is 49.8 Å². The fourth-order valence-electron chi connectivity index (χ4n) is 2.67. The van der Waals surface area contributed by atoms with E-state index in [2.05, 4.69) is 11.8 Å². The third kappa shape index (κ3) is 4.97. The van der Waals surface area contributed by atoms with Gasteiger partial charge in [0.1, 0.15) is 0 Å². The first kappa shape index (κ1) is 16.8. The van der Waals surface area contributed by atoms with Crippen molar-refractivity contribution in [1.29, 1.82) is 0 Å². The molecule has 1 aliphatic carbocycles. The number of aliphatic hydroxyl groups is 1. The summed E-state index contributed by atoms with van der Waals surface area (Å²) in [7, 11) is 1.98. The molecule has 3 atom stereocenters. The highest BCUT2D eigenvalue weighted by atomic mass is 32.2. The van der Waals surface area contributed by atoms with E-state index in [1.807, 2.05) is 18.8 Å². The third-order valence-corrected chi connectivity index (χ3v) is 4.89. The van der Waals surface area contributed by atoms with Crippen molar-refractivity contribution in [2.75, 3.05) is 26.0 Å². The highest BCUT2D eigenvalue weighted by Crippen LogP contribution is 2.32. The van der Waals surface area contributed by atoms with Crippen LogP contribution in [0.1, 0.15) is 40.0 Å². The summed E-state index contributed by atoms with van der Waals surface area (Å²) in [4.78, 5) is 13.8. The van der Waals surface area contributed by atoms with Gasteiger partial charge in [0.2, 0.25) is 0 Å². The van der Waals surface area contributed by atoms with Crippen molar-refractivity contribution in [2.45, 2.75) is 56.9 Å². The van der Waals surface area contributed by atoms with E-state index >= 15 is 0 Å². The minimum absolute atomic E-state index is 0.303. The number of rotatable bonds is 7. The maximum Gasteiger partial charge on any atom is 0.339 e. The molecule has 4 nitrogen and oxygen atoms in total. The van der Waals surface area contributed by atoms with Crippen LogP contribution < -0.4 is 0 Å². The summed E-state index contributed by atoms with van der Waals surface area (Å²) in [6, 6.07) is 0.463. The molecule has 0 aromatic heterocycles. The van der Waals surface area contributed by atoms with E-state index in [1.165, 1.54) is 13.3 Å². The molecule has 0 aromatic rings. The zero-order chi connectivity index (χ0) is 14.5. The third-order valence-electron chi connectivity index (χ3n) is 3.66. The van der Waals surface area contributed by atoms with E-state index in [-0.39, 0.29) is 0 Å². The highest BCUT2D eigenvalue weighted by molar-refractivity contribution is 7.99. The Balaban J connectivity index is 2.46. The van der Waals surface area contributed by atoms with Gasteiger partial charge in [-0.1, -0.05) is 6.92 Å². The lowest BCUT2D eigenvalue weighted by Crippen LogP contribution is -2.49. The summed E-state index contributed by atoms with van der Waals surface area (Å²) in [5, 5.41) is 10.9. The number of hydrogen-bond donors (Lipinski definition) is 1. The van der Waals surface area contributed by atoms with E-state index in [4.69, 9.17) is 4.74 Å². The fraction of sp³-hybridized carbons (Fsp3) is 0.929. The van der Waals surface area contributed by atoms with Crippen LogP contribution >= 0.6 is 11.8 Å². The van der Waals surface area contributed by atoms with E-state index in [9.17, 15) is 9.90 Å². The largest absolute Gasteiger partial charge is 0.464 e. The van der Waals surface area contributed by atoms with Gasteiger partial charge in [0.15, 0.2) is 5.60 Å². The Morgan fingerprint density at radius 3 is 2.74 bits per heavy atom. The molecule has 0 saturated heterocycles. The van der Waals surface area contributed by atoms with Crippen LogP contribution in [0.3, 0.4) is 0 Å². The van der Waals surface area contributed by atoms with Crippen molar-refractivity contribution in [3.8, 4) is 0 Å². The second-order valence-corrected chi connectivity index (χ2v) is 7.03. The lowest BCUT2D eigenvalue weighted by atomic mass is 10.1. The van der Waals surface area contributed by atoms with Crippen molar-refractivity contribution in [3.05, 3.63) is 0 Å². The van der Waals surface area contributed by atoms with Gasteiger partial charge < -0.3 is 9.84 Å². The zero-order valence-corrected chi connectivity index (χ0v) is 13.3. The maximum atomic E-state index is 11.7. The standard InChI is InChI=1S/C14H27NO3S/c1-5-18-13(16)14(3,17)10-15(4)11-7-8-12(9-11)19-6-2/h11-12,17H,5-10H2,1-4H3/t11-,12+,14-/m1/s1. The fourth-order valence-corrected chi connectivity index (χ4v) is 3.80. The lowest BCUT2D eigenvalue weighted by Gasteiger charge is -2.31. The average molecular weight is 289 g/mol. The van der Waals surface area contributed by atoms with Crippen molar-refractivity contribution < 1.29 is 14.6 Å². The zero-order valence-electron chi connectivity index (χ0n) is 12.5. The molecule has 112 valence electrons. The van der Waals surface area contributed by atoms with Crippen LogP contribution in [-0.2, 0) is 9.53 Å². The molecule has 5 heteroatoms. The number of thioether (sulfide) groups is 1. The summed E-state index contributed by atoms with van der Waals surface area (Å²) in [5.74, 6) is 0.626. The number of nitrogens with zero attached hydrogens (tertiary/aromatic N) is 1. The smallest absolute Gasteiger partial charge is 0.339 e. The Kier molecular flexibility index (Phi) is 6.63. The molecule has 0 spiro atoms. The number of carbonyl (C=O) groups is 1. The van der Waals surface area contributed by atoms with Gasteiger partial charge in [-0.05, 0) is 45.9 Å². The number of likely N-dealkylation sites (N-methyl/N-ethyl adjacent to an activating group) is 1. The molecule has 1 saturated carbocycles. The van der Waals surface area contributed by atoms with E-state index in [1.54, 1.807) is 6.92 Å². The van der Waals surface area contributed by atoms with Gasteiger partial charge in [0.05, 0.1) is 6.61 Å². The van der Waals surface area contributed by atoms with Crippen LogP contribution in [-0.4, -0.2) is 58.8 Å². The SMILES string of the molecule is CCOC(=O)[C@](C)(O)CN(C)[C@@H]1CC[C@H](SCC)C1. The van der Waals surface area contributed by atoms with Crippen LogP contribution in [0.2, 0.25) is 0 Å². The molecular weight excluding hydrogens is 262 g/mol. The minimum Gasteiger partial charge on any atom is -0.464 e. The average Bonchev–Trinajstić information content (AvgIpc) is 2.78. The van der Waals surface area contributed by atoms with Crippen LogP contribution in [0.25, 0.3) is 0 Å². The second-order valence-electron chi connectivity index (χ2n) is 5.45. The first-order chi connectivity index (χ1) is 8.90. The number of hydrogen-bond acceptors (Lipinski definition) is 5. The highest BCUT2D eigenvalue weighted by Gasteiger charge is 2.36. The predicted octanol–water partition coefficient (Wildman–Crippen LogP) is 1.91. The Bertz CT molecular complexity index is 296. The molecule has 1 rings (SSSR count). The van der Waals surface area contributed by atoms with Crippen molar-refractivity contribution in [1.82, 2.24) is 4.90 Å². The van der Waals surface area contributed by atoms with Crippen molar-refractivity contribution in [3.63, 3.8) is 0 Å². The Labute approximate surface area is 120 Å². The number of esters is 1. The summed E-state index contributed by atoms with van der Waals surface area (Å²) in [6.45, 7) is 6.11. The molecule has 0 amide bonds. The van der Waals surface area contributed by atoms with Gasteiger partial charge in [-0.3, -0.25) is 4.90 Å². The quantitative estimate of drug-likeness (QED) is 0.726. The van der Waals surface area contributed by atoms with E-state index in [0.29, 0.717) is 19.2 Å². The van der Waals surface area contributed by atoms with Gasteiger partial charge in [-0.2, -0.15) is 11.8 Å². The van der Waals surface area contributed by atoms with Gasteiger partial charge in [0.25, 0.3) is 0 Å². The first-order valence-corrected chi connectivity index (χ1v) is 8.17. The molecule has 0 aliphatic heterocycles. The molecular formula is C14H27NO3S. The molecule has 19 heavy (non-hydrogen) atoms. The number of ether oxygens (including phenoxy) is 1. The predicted molar refractivity (Wildman–Crippen MR) is 79.4 cm³/mol. The van der Waals surface area contributed by atoms with Crippen LogP contribution in [0.15, 0.2) is 0 Å². The summed E-state index contributed by atoms with van der Waals surface area (Å²) in [5.41, 5.74) is -1.42. The summed E-state index contributed by atoms with van der Waals surface area (Å²) >= 11 is 2.01. The van der Waals surface area contributed by atoms with E-state index in [0.717, 1.165) is 23.8 Å². The van der Waals surface area contributed by atoms with Gasteiger partial charge in [-0.25, -0.2) is 4.79 Å². The monoisotopic (exact) mass is 289 g/mol. The summed E-state index contributed by atoms with van der Waals surface area (Å²) in [6.07, 6.45) is 3.52. The Morgan fingerprint density at radius 2 is 2.16 bits per heavy atom. The van der Waals surface area contributed by atoms with Crippen LogP contribution in [0.5, 0.6) is 0 Å².